The van der Waals surface area contributed by atoms with E-state index >= 15 is 0 Å². The summed E-state index contributed by atoms with van der Waals surface area (Å²) in [5, 5.41) is 11.6. The molecule has 1 aromatic heterocycles. The molecule has 21 heavy (non-hydrogen) atoms. The number of carboxylic acid groups (broad SMARTS) is 1. The van der Waals surface area contributed by atoms with E-state index in [2.05, 4.69) is 5.32 Å². The fraction of sp³-hybridized carbons (Fsp3) is 0.500. The van der Waals surface area contributed by atoms with Crippen LogP contribution in [0.2, 0.25) is 0 Å². The molecule has 0 bridgehead atoms. The summed E-state index contributed by atoms with van der Waals surface area (Å²) >= 11 is 0. The minimum atomic E-state index is -1.46. The SMILES string of the molecule is Cn1c(=O)ccn(CC(=O)NC2(C(=O)O)CCOC2)c1=O. The Morgan fingerprint density at radius 2 is 2.19 bits per heavy atom. The van der Waals surface area contributed by atoms with Gasteiger partial charge in [0.15, 0.2) is 5.54 Å². The summed E-state index contributed by atoms with van der Waals surface area (Å²) < 4.78 is 6.91. The van der Waals surface area contributed by atoms with Gasteiger partial charge in [-0.2, -0.15) is 0 Å². The van der Waals surface area contributed by atoms with Crippen LogP contribution in [0, 0.1) is 0 Å². The molecular formula is C12H15N3O6. The van der Waals surface area contributed by atoms with Crippen LogP contribution in [0.1, 0.15) is 6.42 Å². The highest BCUT2D eigenvalue weighted by Crippen LogP contribution is 2.18. The van der Waals surface area contributed by atoms with Gasteiger partial charge in [0.05, 0.1) is 6.61 Å². The second-order valence-electron chi connectivity index (χ2n) is 4.86. The quantitative estimate of drug-likeness (QED) is 0.657. The number of rotatable bonds is 4. The van der Waals surface area contributed by atoms with Crippen molar-refractivity contribution >= 4 is 11.9 Å². The van der Waals surface area contributed by atoms with Crippen LogP contribution < -0.4 is 16.6 Å². The molecule has 1 fully saturated rings. The van der Waals surface area contributed by atoms with Gasteiger partial charge in [0, 0.05) is 32.3 Å². The molecule has 1 unspecified atom stereocenters. The number of amides is 1. The van der Waals surface area contributed by atoms with Crippen LogP contribution in [0.4, 0.5) is 0 Å². The average Bonchev–Trinajstić information content (AvgIpc) is 2.89. The van der Waals surface area contributed by atoms with Crippen LogP contribution >= 0.6 is 0 Å². The smallest absolute Gasteiger partial charge is 0.331 e. The predicted molar refractivity (Wildman–Crippen MR) is 69.9 cm³/mol. The Hall–Kier alpha value is -2.42. The molecule has 1 atom stereocenters. The van der Waals surface area contributed by atoms with E-state index in [4.69, 9.17) is 4.74 Å². The number of nitrogens with zero attached hydrogens (tertiary/aromatic N) is 2. The van der Waals surface area contributed by atoms with Crippen molar-refractivity contribution in [2.45, 2.75) is 18.5 Å². The van der Waals surface area contributed by atoms with Crippen LogP contribution in [0.25, 0.3) is 0 Å². The monoisotopic (exact) mass is 297 g/mol. The fourth-order valence-corrected chi connectivity index (χ4v) is 2.08. The number of carbonyl (C=O) groups excluding carboxylic acids is 1. The molecule has 2 rings (SSSR count). The number of hydrogen-bond donors (Lipinski definition) is 2. The topological polar surface area (TPSA) is 120 Å². The molecule has 1 aliphatic rings. The van der Waals surface area contributed by atoms with E-state index in [1.165, 1.54) is 13.2 Å². The van der Waals surface area contributed by atoms with Crippen molar-refractivity contribution in [1.82, 2.24) is 14.5 Å². The van der Waals surface area contributed by atoms with Gasteiger partial charge < -0.3 is 15.2 Å². The first kappa shape index (κ1) is 15.0. The number of ether oxygens (including phenoxy) is 1. The van der Waals surface area contributed by atoms with Gasteiger partial charge in [-0.05, 0) is 0 Å². The lowest BCUT2D eigenvalue weighted by molar-refractivity contribution is -0.147. The van der Waals surface area contributed by atoms with E-state index in [0.29, 0.717) is 0 Å². The summed E-state index contributed by atoms with van der Waals surface area (Å²) in [6.45, 7) is -0.245. The van der Waals surface area contributed by atoms with Crippen LogP contribution in [-0.4, -0.2) is 44.9 Å². The van der Waals surface area contributed by atoms with E-state index in [1.54, 1.807) is 0 Å². The lowest BCUT2D eigenvalue weighted by atomic mass is 9.99. The maximum atomic E-state index is 11.9. The van der Waals surface area contributed by atoms with Gasteiger partial charge in [-0.3, -0.25) is 18.7 Å². The zero-order chi connectivity index (χ0) is 15.6. The van der Waals surface area contributed by atoms with Gasteiger partial charge in [0.25, 0.3) is 5.56 Å². The highest BCUT2D eigenvalue weighted by molar-refractivity contribution is 5.87. The second-order valence-corrected chi connectivity index (χ2v) is 4.86. The number of carboxylic acids is 1. The third-order valence-electron chi connectivity index (χ3n) is 3.38. The Balaban J connectivity index is 2.16. The highest BCUT2D eigenvalue weighted by Gasteiger charge is 2.43. The summed E-state index contributed by atoms with van der Waals surface area (Å²) in [7, 11) is 1.29. The second kappa shape index (κ2) is 5.52. The molecule has 1 aliphatic heterocycles. The first-order chi connectivity index (χ1) is 9.85. The van der Waals surface area contributed by atoms with Crippen LogP contribution in [0.3, 0.4) is 0 Å². The van der Waals surface area contributed by atoms with Crippen molar-refractivity contribution in [1.29, 1.82) is 0 Å². The van der Waals surface area contributed by atoms with Gasteiger partial charge in [-0.1, -0.05) is 0 Å². The molecule has 114 valence electrons. The number of hydrogen-bond acceptors (Lipinski definition) is 5. The number of nitrogens with one attached hydrogen (secondary N) is 1. The summed E-state index contributed by atoms with van der Waals surface area (Å²) in [5.74, 6) is -1.81. The van der Waals surface area contributed by atoms with E-state index in [0.717, 1.165) is 15.2 Å². The first-order valence-electron chi connectivity index (χ1n) is 6.24. The summed E-state index contributed by atoms with van der Waals surface area (Å²) in [6, 6.07) is 1.15. The molecule has 2 N–H and O–H groups in total. The molecule has 0 saturated carbocycles. The number of carbonyl (C=O) groups is 2. The van der Waals surface area contributed by atoms with Crippen molar-refractivity contribution in [3.8, 4) is 0 Å². The lowest BCUT2D eigenvalue weighted by Crippen LogP contribution is -2.56. The predicted octanol–water partition coefficient (Wildman–Crippen LogP) is -2.09. The van der Waals surface area contributed by atoms with E-state index in [1.807, 2.05) is 0 Å². The molecule has 9 nitrogen and oxygen atoms in total. The molecule has 9 heteroatoms. The molecule has 2 heterocycles. The van der Waals surface area contributed by atoms with E-state index < -0.39 is 28.7 Å². The normalized spacial score (nSPS) is 21.2. The molecule has 0 spiro atoms. The van der Waals surface area contributed by atoms with Gasteiger partial charge >= 0.3 is 11.7 Å². The van der Waals surface area contributed by atoms with Gasteiger partial charge in [-0.15, -0.1) is 0 Å². The van der Waals surface area contributed by atoms with Crippen molar-refractivity contribution < 1.29 is 19.4 Å². The largest absolute Gasteiger partial charge is 0.479 e. The standard InChI is InChI=1S/C12H15N3O6/c1-14-9(17)2-4-15(11(14)20)6-8(16)13-12(10(18)19)3-5-21-7-12/h2,4H,3,5-7H2,1H3,(H,13,16)(H,18,19). The Morgan fingerprint density at radius 1 is 1.48 bits per heavy atom. The summed E-state index contributed by atoms with van der Waals surface area (Å²) in [4.78, 5) is 46.3. The summed E-state index contributed by atoms with van der Waals surface area (Å²) in [5.41, 5.74) is -2.59. The van der Waals surface area contributed by atoms with Crippen LogP contribution in [0.5, 0.6) is 0 Å². The first-order valence-corrected chi connectivity index (χ1v) is 6.24. The third kappa shape index (κ3) is 2.87. The Labute approximate surface area is 118 Å². The zero-order valence-corrected chi connectivity index (χ0v) is 11.4. The number of aromatic nitrogens is 2. The molecule has 1 saturated heterocycles. The molecule has 1 amide bonds. The van der Waals surface area contributed by atoms with Crippen molar-refractivity contribution in [3.63, 3.8) is 0 Å². The minimum absolute atomic E-state index is 0.115. The van der Waals surface area contributed by atoms with E-state index in [-0.39, 0.29) is 26.2 Å². The fourth-order valence-electron chi connectivity index (χ4n) is 2.08. The molecule has 0 aliphatic carbocycles. The van der Waals surface area contributed by atoms with Gasteiger partial charge in [0.1, 0.15) is 6.54 Å². The molecular weight excluding hydrogens is 282 g/mol. The molecule has 0 radical (unpaired) electrons. The average molecular weight is 297 g/mol. The van der Waals surface area contributed by atoms with Crippen molar-refractivity contribution in [3.05, 3.63) is 33.1 Å². The van der Waals surface area contributed by atoms with Crippen LogP contribution in [0.15, 0.2) is 21.9 Å². The van der Waals surface area contributed by atoms with Gasteiger partial charge in [0.2, 0.25) is 5.91 Å². The third-order valence-corrected chi connectivity index (χ3v) is 3.38. The maximum absolute atomic E-state index is 11.9. The van der Waals surface area contributed by atoms with Crippen LogP contribution in [-0.2, 0) is 27.9 Å². The lowest BCUT2D eigenvalue weighted by Gasteiger charge is -2.23. The summed E-state index contributed by atoms with van der Waals surface area (Å²) in [6.07, 6.45) is 1.36. The maximum Gasteiger partial charge on any atom is 0.331 e. The zero-order valence-electron chi connectivity index (χ0n) is 11.4. The van der Waals surface area contributed by atoms with Crippen molar-refractivity contribution in [2.24, 2.45) is 7.05 Å². The highest BCUT2D eigenvalue weighted by atomic mass is 16.5. The van der Waals surface area contributed by atoms with E-state index in [9.17, 15) is 24.3 Å². The van der Waals surface area contributed by atoms with Crippen molar-refractivity contribution in [2.75, 3.05) is 13.2 Å². The Kier molecular flexibility index (Phi) is 3.94. The Morgan fingerprint density at radius 3 is 2.76 bits per heavy atom. The number of aliphatic carboxylic acids is 1. The minimum Gasteiger partial charge on any atom is -0.479 e. The molecule has 1 aromatic rings. The van der Waals surface area contributed by atoms with Gasteiger partial charge in [-0.25, -0.2) is 9.59 Å². The Bertz CT molecular complexity index is 683. The molecule has 0 aromatic carbocycles.